The molecule has 0 aliphatic carbocycles. The van der Waals surface area contributed by atoms with E-state index in [0.29, 0.717) is 23.5 Å². The molecule has 0 saturated carbocycles. The number of Topliss-reactive ketones (excluding diaryl/α,β-unsaturated/α-hetero) is 1. The lowest BCUT2D eigenvalue weighted by atomic mass is 10.1. The first-order chi connectivity index (χ1) is 10.1. The van der Waals surface area contributed by atoms with Crippen LogP contribution < -0.4 is 9.64 Å². The molecule has 0 spiro atoms. The Hall–Kier alpha value is -2.62. The lowest BCUT2D eigenvalue weighted by Gasteiger charge is -2.19. The zero-order valence-corrected chi connectivity index (χ0v) is 11.9. The van der Waals surface area contributed by atoms with Gasteiger partial charge in [0.05, 0.1) is 24.9 Å². The van der Waals surface area contributed by atoms with Gasteiger partial charge in [0, 0.05) is 5.56 Å². The summed E-state index contributed by atoms with van der Waals surface area (Å²) in [5.74, 6) is -0.214. The van der Waals surface area contributed by atoms with E-state index in [1.807, 2.05) is 37.3 Å². The molecule has 0 saturated heterocycles. The highest BCUT2D eigenvalue weighted by atomic mass is 16.5. The van der Waals surface area contributed by atoms with Crippen molar-refractivity contribution in [1.82, 2.24) is 0 Å². The number of amides is 1. The van der Waals surface area contributed by atoms with Gasteiger partial charge in [-0.3, -0.25) is 14.5 Å². The van der Waals surface area contributed by atoms with Crippen LogP contribution in [-0.2, 0) is 11.3 Å². The third kappa shape index (κ3) is 2.09. The first-order valence-electron chi connectivity index (χ1n) is 6.71. The van der Waals surface area contributed by atoms with Crippen LogP contribution in [0.1, 0.15) is 21.5 Å². The minimum absolute atomic E-state index is 0.326. The Morgan fingerprint density at radius 3 is 2.57 bits per heavy atom. The lowest BCUT2D eigenvalue weighted by molar-refractivity contribution is -0.114. The molecule has 0 aromatic heterocycles. The highest BCUT2D eigenvalue weighted by Crippen LogP contribution is 2.34. The van der Waals surface area contributed by atoms with Crippen molar-refractivity contribution in [2.24, 2.45) is 0 Å². The van der Waals surface area contributed by atoms with E-state index >= 15 is 0 Å². The standard InChI is InChI=1S/C17H15NO3/c1-11-6-5-8-13-15(11)18(17(20)16(13)19)10-12-7-3-4-9-14(12)21-2/h3-9H,10H2,1-2H3. The van der Waals surface area contributed by atoms with E-state index in [-0.39, 0.29) is 0 Å². The topological polar surface area (TPSA) is 46.6 Å². The van der Waals surface area contributed by atoms with Crippen molar-refractivity contribution in [2.75, 3.05) is 12.0 Å². The number of carbonyl (C=O) groups excluding carboxylic acids is 2. The number of anilines is 1. The minimum Gasteiger partial charge on any atom is -0.496 e. The molecule has 0 N–H and O–H groups in total. The van der Waals surface area contributed by atoms with Crippen LogP contribution in [0.25, 0.3) is 0 Å². The van der Waals surface area contributed by atoms with Gasteiger partial charge in [-0.15, -0.1) is 0 Å². The maximum absolute atomic E-state index is 12.3. The quantitative estimate of drug-likeness (QED) is 0.813. The van der Waals surface area contributed by atoms with E-state index in [1.54, 1.807) is 19.2 Å². The smallest absolute Gasteiger partial charge is 0.299 e. The second kappa shape index (κ2) is 5.05. The number of ether oxygens (including phenoxy) is 1. The van der Waals surface area contributed by atoms with E-state index in [9.17, 15) is 9.59 Å². The van der Waals surface area contributed by atoms with Crippen molar-refractivity contribution >= 4 is 17.4 Å². The maximum Gasteiger partial charge on any atom is 0.299 e. The Labute approximate surface area is 123 Å². The number of rotatable bonds is 3. The number of fused-ring (bicyclic) bond motifs is 1. The third-order valence-electron chi connectivity index (χ3n) is 3.71. The van der Waals surface area contributed by atoms with E-state index < -0.39 is 11.7 Å². The van der Waals surface area contributed by atoms with E-state index in [0.717, 1.165) is 11.1 Å². The molecule has 1 heterocycles. The molecule has 0 unspecified atom stereocenters. The van der Waals surface area contributed by atoms with Crippen LogP contribution in [0, 0.1) is 6.92 Å². The Balaban J connectivity index is 2.04. The van der Waals surface area contributed by atoms with Crippen LogP contribution in [-0.4, -0.2) is 18.8 Å². The second-order valence-corrected chi connectivity index (χ2v) is 5.00. The van der Waals surface area contributed by atoms with Gasteiger partial charge in [0.1, 0.15) is 5.75 Å². The summed E-state index contributed by atoms with van der Waals surface area (Å²) in [4.78, 5) is 25.9. The van der Waals surface area contributed by atoms with Crippen LogP contribution in [0.15, 0.2) is 42.5 Å². The molecule has 1 amide bonds. The summed E-state index contributed by atoms with van der Waals surface area (Å²) in [6.07, 6.45) is 0. The number of para-hydroxylation sites is 2. The van der Waals surface area contributed by atoms with E-state index in [2.05, 4.69) is 0 Å². The first kappa shape index (κ1) is 13.4. The molecule has 4 nitrogen and oxygen atoms in total. The van der Waals surface area contributed by atoms with E-state index in [4.69, 9.17) is 4.74 Å². The Morgan fingerprint density at radius 1 is 1.05 bits per heavy atom. The van der Waals surface area contributed by atoms with Gasteiger partial charge < -0.3 is 4.74 Å². The summed E-state index contributed by atoms with van der Waals surface area (Å²) in [5.41, 5.74) is 2.98. The number of ketones is 1. The molecule has 4 heteroatoms. The molecule has 1 aliphatic rings. The molecule has 1 aliphatic heterocycles. The van der Waals surface area contributed by atoms with Crippen LogP contribution in [0.4, 0.5) is 5.69 Å². The Morgan fingerprint density at radius 2 is 1.81 bits per heavy atom. The molecule has 2 aromatic carbocycles. The molecule has 3 rings (SSSR count). The van der Waals surface area contributed by atoms with Gasteiger partial charge >= 0.3 is 0 Å². The molecule has 0 bridgehead atoms. The van der Waals surface area contributed by atoms with Crippen LogP contribution >= 0.6 is 0 Å². The molecule has 21 heavy (non-hydrogen) atoms. The molecule has 0 atom stereocenters. The fourth-order valence-electron chi connectivity index (χ4n) is 2.69. The molecule has 2 aromatic rings. The Kier molecular flexibility index (Phi) is 3.22. The average molecular weight is 281 g/mol. The normalized spacial score (nSPS) is 13.5. The van der Waals surface area contributed by atoms with Crippen molar-refractivity contribution in [2.45, 2.75) is 13.5 Å². The predicted molar refractivity (Wildman–Crippen MR) is 79.7 cm³/mol. The van der Waals surface area contributed by atoms with Crippen molar-refractivity contribution in [1.29, 1.82) is 0 Å². The van der Waals surface area contributed by atoms with Crippen LogP contribution in [0.3, 0.4) is 0 Å². The number of hydrogen-bond donors (Lipinski definition) is 0. The van der Waals surface area contributed by atoms with E-state index in [1.165, 1.54) is 4.90 Å². The third-order valence-corrected chi connectivity index (χ3v) is 3.71. The zero-order valence-electron chi connectivity index (χ0n) is 11.9. The minimum atomic E-state index is -0.481. The van der Waals surface area contributed by atoms with Crippen LogP contribution in [0.2, 0.25) is 0 Å². The van der Waals surface area contributed by atoms with Gasteiger partial charge in [0.15, 0.2) is 0 Å². The molecular weight excluding hydrogens is 266 g/mol. The first-order valence-corrected chi connectivity index (χ1v) is 6.71. The SMILES string of the molecule is COc1ccccc1CN1C(=O)C(=O)c2cccc(C)c21. The number of aryl methyl sites for hydroxylation is 1. The maximum atomic E-state index is 12.3. The summed E-state index contributed by atoms with van der Waals surface area (Å²) in [5, 5.41) is 0. The molecule has 106 valence electrons. The van der Waals surface area contributed by atoms with Gasteiger partial charge in [-0.25, -0.2) is 0 Å². The molecule has 0 fully saturated rings. The van der Waals surface area contributed by atoms with Gasteiger partial charge in [-0.2, -0.15) is 0 Å². The van der Waals surface area contributed by atoms with Crippen molar-refractivity contribution in [3.63, 3.8) is 0 Å². The number of nitrogens with zero attached hydrogens (tertiary/aromatic N) is 1. The zero-order chi connectivity index (χ0) is 15.0. The highest BCUT2D eigenvalue weighted by molar-refractivity contribution is 6.52. The fraction of sp³-hybridized carbons (Fsp3) is 0.176. The summed E-state index contributed by atoms with van der Waals surface area (Å²) >= 11 is 0. The largest absolute Gasteiger partial charge is 0.496 e. The summed E-state index contributed by atoms with van der Waals surface area (Å²) < 4.78 is 5.31. The van der Waals surface area contributed by atoms with Crippen molar-refractivity contribution in [3.8, 4) is 5.75 Å². The number of carbonyl (C=O) groups is 2. The van der Waals surface area contributed by atoms with Crippen LogP contribution in [0.5, 0.6) is 5.75 Å². The number of methoxy groups -OCH3 is 1. The summed E-state index contributed by atoms with van der Waals surface area (Å²) in [6, 6.07) is 12.9. The molecule has 0 radical (unpaired) electrons. The molecular formula is C17H15NO3. The Bertz CT molecular complexity index is 737. The van der Waals surface area contributed by atoms with Gasteiger partial charge in [0.25, 0.3) is 11.7 Å². The summed E-state index contributed by atoms with van der Waals surface area (Å²) in [7, 11) is 1.59. The fourth-order valence-corrected chi connectivity index (χ4v) is 2.69. The second-order valence-electron chi connectivity index (χ2n) is 5.00. The van der Waals surface area contributed by atoms with Crippen molar-refractivity contribution < 1.29 is 14.3 Å². The predicted octanol–water partition coefficient (Wildman–Crippen LogP) is 2.73. The van der Waals surface area contributed by atoms with Gasteiger partial charge in [-0.1, -0.05) is 30.3 Å². The van der Waals surface area contributed by atoms with Gasteiger partial charge in [-0.05, 0) is 24.6 Å². The highest BCUT2D eigenvalue weighted by Gasteiger charge is 2.36. The average Bonchev–Trinajstić information content (AvgIpc) is 2.74. The monoisotopic (exact) mass is 281 g/mol. The number of hydrogen-bond acceptors (Lipinski definition) is 3. The van der Waals surface area contributed by atoms with Crippen molar-refractivity contribution in [3.05, 3.63) is 59.2 Å². The number of benzene rings is 2. The van der Waals surface area contributed by atoms with Gasteiger partial charge in [0.2, 0.25) is 0 Å². The summed E-state index contributed by atoms with van der Waals surface area (Å²) in [6.45, 7) is 2.23. The lowest BCUT2D eigenvalue weighted by Crippen LogP contribution is -2.29.